The fourth-order valence-electron chi connectivity index (χ4n) is 0.690. The second-order valence-electron chi connectivity index (χ2n) is 3.29. The van der Waals surface area contributed by atoms with E-state index in [0.29, 0.717) is 6.41 Å². The van der Waals surface area contributed by atoms with E-state index in [1.54, 1.807) is 5.32 Å². The Bertz CT molecular complexity index is 224. The van der Waals surface area contributed by atoms with Gasteiger partial charge in [0, 0.05) is 13.0 Å². The van der Waals surface area contributed by atoms with Crippen LogP contribution < -0.4 is 10.6 Å². The van der Waals surface area contributed by atoms with E-state index in [0.717, 1.165) is 5.75 Å². The van der Waals surface area contributed by atoms with Gasteiger partial charge < -0.3 is 10.6 Å². The number of unbranched alkanes of at least 4 members (excludes halogenated alkanes) is 1. The average Bonchev–Trinajstić information content (AvgIpc) is 2.28. The Kier molecular flexibility index (Phi) is 13.5. The molecule has 0 rings (SSSR count). The second-order valence-corrected chi connectivity index (χ2v) is 3.74. The van der Waals surface area contributed by atoms with E-state index in [1.807, 2.05) is 0 Å². The molecule has 18 heavy (non-hydrogen) atoms. The van der Waals surface area contributed by atoms with Crippen molar-refractivity contribution >= 4 is 24.9 Å². The van der Waals surface area contributed by atoms with Crippen molar-refractivity contribution in [1.82, 2.24) is 10.6 Å². The minimum Gasteiger partial charge on any atom is -0.358 e. The SMILES string of the molecule is CCCCS.O=CNCCC(=O)NCC(F)(F)F. The summed E-state index contributed by atoms with van der Waals surface area (Å²) < 4.78 is 34.6. The smallest absolute Gasteiger partial charge is 0.358 e. The number of nitrogens with one attached hydrogen (secondary N) is 2. The van der Waals surface area contributed by atoms with E-state index in [-0.39, 0.29) is 13.0 Å². The number of thiol groups is 1. The molecule has 0 heterocycles. The molecule has 0 aliphatic carbocycles. The van der Waals surface area contributed by atoms with Crippen LogP contribution in [0.15, 0.2) is 0 Å². The summed E-state index contributed by atoms with van der Waals surface area (Å²) in [7, 11) is 0. The highest BCUT2D eigenvalue weighted by molar-refractivity contribution is 7.80. The van der Waals surface area contributed by atoms with Gasteiger partial charge in [0.1, 0.15) is 6.54 Å². The van der Waals surface area contributed by atoms with Crippen LogP contribution in [0.3, 0.4) is 0 Å². The minimum absolute atomic E-state index is 0.0349. The number of halogens is 3. The van der Waals surface area contributed by atoms with Crippen LogP contribution in [0.4, 0.5) is 13.2 Å². The third kappa shape index (κ3) is 20.5. The molecule has 0 unspecified atom stereocenters. The first-order valence-electron chi connectivity index (χ1n) is 5.48. The molecule has 4 nitrogen and oxygen atoms in total. The summed E-state index contributed by atoms with van der Waals surface area (Å²) in [6.07, 6.45) is -1.66. The molecule has 0 aliphatic rings. The maximum atomic E-state index is 11.5. The highest BCUT2D eigenvalue weighted by Gasteiger charge is 2.27. The number of alkyl halides is 3. The number of carbonyl (C=O) groups excluding carboxylic acids is 2. The van der Waals surface area contributed by atoms with Gasteiger partial charge in [-0.15, -0.1) is 0 Å². The maximum absolute atomic E-state index is 11.5. The zero-order valence-electron chi connectivity index (χ0n) is 10.2. The Labute approximate surface area is 110 Å². The third-order valence-electron chi connectivity index (χ3n) is 1.58. The van der Waals surface area contributed by atoms with Crippen molar-refractivity contribution in [3.05, 3.63) is 0 Å². The molecule has 2 N–H and O–H groups in total. The van der Waals surface area contributed by atoms with Gasteiger partial charge in [0.15, 0.2) is 0 Å². The van der Waals surface area contributed by atoms with Gasteiger partial charge >= 0.3 is 6.18 Å². The summed E-state index contributed by atoms with van der Waals surface area (Å²) in [5, 5.41) is 3.82. The number of amides is 2. The zero-order valence-corrected chi connectivity index (χ0v) is 11.1. The van der Waals surface area contributed by atoms with Crippen LogP contribution in [0.1, 0.15) is 26.2 Å². The van der Waals surface area contributed by atoms with Crippen molar-refractivity contribution in [2.45, 2.75) is 32.4 Å². The molecule has 0 aliphatic heterocycles. The standard InChI is InChI=1S/C6H9F3N2O2.C4H10S/c7-6(8,9)3-11-5(13)1-2-10-4-12;1-2-3-4-5/h4H,1-3H2,(H,10,12)(H,11,13);5H,2-4H2,1H3. The fraction of sp³-hybridized carbons (Fsp3) is 0.800. The quantitative estimate of drug-likeness (QED) is 0.378. The molecular formula is C10H19F3N2O2S. The highest BCUT2D eigenvalue weighted by Crippen LogP contribution is 2.11. The number of rotatable bonds is 7. The zero-order chi connectivity index (χ0) is 14.4. The molecule has 0 aromatic heterocycles. The largest absolute Gasteiger partial charge is 0.405 e. The first kappa shape index (κ1) is 19.4. The first-order chi connectivity index (χ1) is 8.37. The lowest BCUT2D eigenvalue weighted by molar-refractivity contribution is -0.138. The normalized spacial score (nSPS) is 10.1. The Hall–Kier alpha value is -0.920. The Morgan fingerprint density at radius 2 is 2.00 bits per heavy atom. The molecule has 0 atom stereocenters. The molecule has 0 radical (unpaired) electrons. The molecule has 108 valence electrons. The number of carbonyl (C=O) groups is 2. The fourth-order valence-corrected chi connectivity index (χ4v) is 1.01. The van der Waals surface area contributed by atoms with Crippen molar-refractivity contribution < 1.29 is 22.8 Å². The molecule has 0 saturated carbocycles. The van der Waals surface area contributed by atoms with Crippen molar-refractivity contribution in [3.63, 3.8) is 0 Å². The van der Waals surface area contributed by atoms with Gasteiger partial charge in [-0.3, -0.25) is 9.59 Å². The van der Waals surface area contributed by atoms with Crippen molar-refractivity contribution in [2.75, 3.05) is 18.8 Å². The van der Waals surface area contributed by atoms with Crippen molar-refractivity contribution in [2.24, 2.45) is 0 Å². The molecule has 0 fully saturated rings. The Morgan fingerprint density at radius 3 is 2.33 bits per heavy atom. The molecular weight excluding hydrogens is 269 g/mol. The third-order valence-corrected chi connectivity index (χ3v) is 1.89. The van der Waals surface area contributed by atoms with Gasteiger partial charge in [-0.05, 0) is 12.2 Å². The summed E-state index contributed by atoms with van der Waals surface area (Å²) in [6.45, 7) is 0.857. The maximum Gasteiger partial charge on any atom is 0.405 e. The van der Waals surface area contributed by atoms with Crippen LogP contribution in [0, 0.1) is 0 Å². The molecule has 0 saturated heterocycles. The Morgan fingerprint density at radius 1 is 1.39 bits per heavy atom. The van der Waals surface area contributed by atoms with E-state index >= 15 is 0 Å². The van der Waals surface area contributed by atoms with Gasteiger partial charge in [0.2, 0.25) is 12.3 Å². The molecule has 0 aromatic carbocycles. The summed E-state index contributed by atoms with van der Waals surface area (Å²) in [4.78, 5) is 20.3. The van der Waals surface area contributed by atoms with E-state index in [2.05, 4.69) is 24.9 Å². The van der Waals surface area contributed by atoms with Gasteiger partial charge in [-0.2, -0.15) is 25.8 Å². The van der Waals surface area contributed by atoms with Gasteiger partial charge in [-0.1, -0.05) is 13.3 Å². The number of hydrogen-bond donors (Lipinski definition) is 3. The molecule has 0 aromatic rings. The lowest BCUT2D eigenvalue weighted by atomic mass is 10.4. The highest BCUT2D eigenvalue weighted by atomic mass is 32.1. The first-order valence-corrected chi connectivity index (χ1v) is 6.12. The lowest BCUT2D eigenvalue weighted by Gasteiger charge is -2.07. The molecule has 0 spiro atoms. The minimum atomic E-state index is -4.40. The summed E-state index contributed by atoms with van der Waals surface area (Å²) in [5.41, 5.74) is 0. The summed E-state index contributed by atoms with van der Waals surface area (Å²) in [5.74, 6) is 0.294. The van der Waals surface area contributed by atoms with Crippen LogP contribution in [-0.4, -0.2) is 37.3 Å². The number of hydrogen-bond acceptors (Lipinski definition) is 3. The monoisotopic (exact) mass is 288 g/mol. The van der Waals surface area contributed by atoms with E-state index < -0.39 is 18.6 Å². The predicted molar refractivity (Wildman–Crippen MR) is 66.5 cm³/mol. The van der Waals surface area contributed by atoms with Crippen molar-refractivity contribution in [3.8, 4) is 0 Å². The molecule has 8 heteroatoms. The lowest BCUT2D eigenvalue weighted by Crippen LogP contribution is -2.35. The van der Waals surface area contributed by atoms with Crippen LogP contribution in [0.25, 0.3) is 0 Å². The van der Waals surface area contributed by atoms with Crippen molar-refractivity contribution in [1.29, 1.82) is 0 Å². The van der Waals surface area contributed by atoms with Gasteiger partial charge in [0.05, 0.1) is 0 Å². The van der Waals surface area contributed by atoms with Crippen LogP contribution in [-0.2, 0) is 9.59 Å². The van der Waals surface area contributed by atoms with Crippen LogP contribution >= 0.6 is 12.6 Å². The Balaban J connectivity index is 0. The van der Waals surface area contributed by atoms with Crippen LogP contribution in [0.2, 0.25) is 0 Å². The second kappa shape index (κ2) is 12.5. The average molecular weight is 288 g/mol. The summed E-state index contributed by atoms with van der Waals surface area (Å²) in [6, 6.07) is 0. The molecule has 2 amide bonds. The molecule has 0 bridgehead atoms. The van der Waals surface area contributed by atoms with E-state index in [9.17, 15) is 22.8 Å². The predicted octanol–water partition coefficient (Wildman–Crippen LogP) is 1.52. The van der Waals surface area contributed by atoms with E-state index in [1.165, 1.54) is 12.8 Å². The van der Waals surface area contributed by atoms with Gasteiger partial charge in [-0.25, -0.2) is 0 Å². The van der Waals surface area contributed by atoms with Gasteiger partial charge in [0.25, 0.3) is 0 Å². The van der Waals surface area contributed by atoms with Crippen LogP contribution in [0.5, 0.6) is 0 Å². The summed E-state index contributed by atoms with van der Waals surface area (Å²) >= 11 is 4.00. The van der Waals surface area contributed by atoms with E-state index in [4.69, 9.17) is 0 Å². The topological polar surface area (TPSA) is 58.2 Å².